The molecule has 3 nitrogen and oxygen atoms in total. The molecule has 1 aromatic rings. The molecule has 96 valence electrons. The molecular weight excluding hydrogens is 252 g/mol. The van der Waals surface area contributed by atoms with Crippen LogP contribution in [0, 0.1) is 5.92 Å². The molecule has 0 N–H and O–H groups in total. The SMILES string of the molecule is COc1ccc(C=CCOC(=O)C2CC2)cc1Cl. The Bertz CT molecular complexity index is 464. The monoisotopic (exact) mass is 266 g/mol. The van der Waals surface area contributed by atoms with Gasteiger partial charge in [0, 0.05) is 0 Å². The molecule has 0 heterocycles. The average Bonchev–Trinajstić information content (AvgIpc) is 3.19. The van der Waals surface area contributed by atoms with Gasteiger partial charge in [0.05, 0.1) is 18.1 Å². The first-order chi connectivity index (χ1) is 8.70. The van der Waals surface area contributed by atoms with Crippen LogP contribution in [0.15, 0.2) is 24.3 Å². The Morgan fingerprint density at radius 2 is 2.28 bits per heavy atom. The number of ether oxygens (including phenoxy) is 2. The molecule has 1 aromatic carbocycles. The van der Waals surface area contributed by atoms with Gasteiger partial charge in [-0.05, 0) is 36.6 Å². The highest BCUT2D eigenvalue weighted by molar-refractivity contribution is 6.32. The van der Waals surface area contributed by atoms with Gasteiger partial charge in [-0.1, -0.05) is 23.7 Å². The highest BCUT2D eigenvalue weighted by atomic mass is 35.5. The summed E-state index contributed by atoms with van der Waals surface area (Å²) in [6.45, 7) is 0.305. The van der Waals surface area contributed by atoms with E-state index in [-0.39, 0.29) is 11.9 Å². The van der Waals surface area contributed by atoms with Gasteiger partial charge in [-0.2, -0.15) is 0 Å². The Labute approximate surface area is 111 Å². The fraction of sp³-hybridized carbons (Fsp3) is 0.357. The Morgan fingerprint density at radius 1 is 1.50 bits per heavy atom. The van der Waals surface area contributed by atoms with Gasteiger partial charge < -0.3 is 9.47 Å². The van der Waals surface area contributed by atoms with Crippen LogP contribution in [-0.4, -0.2) is 19.7 Å². The molecule has 0 saturated heterocycles. The van der Waals surface area contributed by atoms with E-state index in [0.29, 0.717) is 17.4 Å². The van der Waals surface area contributed by atoms with E-state index in [9.17, 15) is 4.79 Å². The number of methoxy groups -OCH3 is 1. The molecule has 0 aliphatic heterocycles. The van der Waals surface area contributed by atoms with Crippen LogP contribution in [0.1, 0.15) is 18.4 Å². The fourth-order valence-electron chi connectivity index (χ4n) is 1.54. The van der Waals surface area contributed by atoms with Crippen molar-refractivity contribution < 1.29 is 14.3 Å². The second-order valence-electron chi connectivity index (χ2n) is 4.20. The van der Waals surface area contributed by atoms with E-state index in [0.717, 1.165) is 18.4 Å². The molecule has 0 atom stereocenters. The number of carbonyl (C=O) groups excluding carboxylic acids is 1. The van der Waals surface area contributed by atoms with Crippen LogP contribution in [0.3, 0.4) is 0 Å². The van der Waals surface area contributed by atoms with Crippen LogP contribution in [0.2, 0.25) is 5.02 Å². The van der Waals surface area contributed by atoms with E-state index in [4.69, 9.17) is 21.1 Å². The normalized spacial score (nSPS) is 14.8. The molecular formula is C14H15ClO3. The Hall–Kier alpha value is -1.48. The molecule has 1 aliphatic carbocycles. The zero-order chi connectivity index (χ0) is 13.0. The molecule has 0 spiro atoms. The van der Waals surface area contributed by atoms with E-state index in [1.54, 1.807) is 25.3 Å². The predicted octanol–water partition coefficient (Wildman–Crippen LogP) is 3.32. The highest BCUT2D eigenvalue weighted by Gasteiger charge is 2.30. The zero-order valence-corrected chi connectivity index (χ0v) is 10.9. The number of halogens is 1. The van der Waals surface area contributed by atoms with Crippen LogP contribution in [0.25, 0.3) is 6.08 Å². The molecule has 1 aliphatic rings. The number of carbonyl (C=O) groups is 1. The maximum atomic E-state index is 11.3. The topological polar surface area (TPSA) is 35.5 Å². The first-order valence-corrected chi connectivity index (χ1v) is 6.25. The van der Waals surface area contributed by atoms with Crippen molar-refractivity contribution in [2.45, 2.75) is 12.8 Å². The summed E-state index contributed by atoms with van der Waals surface area (Å²) in [5.41, 5.74) is 0.947. The molecule has 0 aromatic heterocycles. The molecule has 2 rings (SSSR count). The minimum atomic E-state index is -0.0904. The molecule has 0 bridgehead atoms. The number of hydrogen-bond donors (Lipinski definition) is 0. The lowest BCUT2D eigenvalue weighted by molar-refractivity contribution is -0.143. The minimum absolute atomic E-state index is 0.0904. The van der Waals surface area contributed by atoms with Crippen LogP contribution < -0.4 is 4.74 Å². The van der Waals surface area contributed by atoms with Crippen molar-refractivity contribution in [2.75, 3.05) is 13.7 Å². The third-order valence-electron chi connectivity index (χ3n) is 2.72. The first kappa shape index (κ1) is 13.0. The van der Waals surface area contributed by atoms with Crippen LogP contribution >= 0.6 is 11.6 Å². The van der Waals surface area contributed by atoms with E-state index in [2.05, 4.69) is 0 Å². The largest absolute Gasteiger partial charge is 0.495 e. The lowest BCUT2D eigenvalue weighted by atomic mass is 10.2. The van der Waals surface area contributed by atoms with Gasteiger partial charge in [0.2, 0.25) is 0 Å². The standard InChI is InChI=1S/C14H15ClO3/c1-17-13-7-4-10(9-12(13)15)3-2-8-18-14(16)11-5-6-11/h2-4,7,9,11H,5-6,8H2,1H3. The Balaban J connectivity index is 1.84. The molecule has 0 unspecified atom stereocenters. The second kappa shape index (κ2) is 5.91. The summed E-state index contributed by atoms with van der Waals surface area (Å²) in [5.74, 6) is 0.704. The predicted molar refractivity (Wildman–Crippen MR) is 70.7 cm³/mol. The molecule has 4 heteroatoms. The molecule has 1 saturated carbocycles. The third-order valence-corrected chi connectivity index (χ3v) is 3.01. The van der Waals surface area contributed by atoms with E-state index >= 15 is 0 Å². The van der Waals surface area contributed by atoms with Crippen molar-refractivity contribution in [1.29, 1.82) is 0 Å². The van der Waals surface area contributed by atoms with Gasteiger partial charge in [0.1, 0.15) is 12.4 Å². The quantitative estimate of drug-likeness (QED) is 0.767. The summed E-state index contributed by atoms with van der Waals surface area (Å²) in [5, 5.41) is 0.564. The van der Waals surface area contributed by atoms with Gasteiger partial charge in [-0.25, -0.2) is 0 Å². The summed E-state index contributed by atoms with van der Waals surface area (Å²) >= 11 is 6.00. The molecule has 1 fully saturated rings. The smallest absolute Gasteiger partial charge is 0.309 e. The van der Waals surface area contributed by atoms with Gasteiger partial charge in [0.15, 0.2) is 0 Å². The van der Waals surface area contributed by atoms with Crippen molar-refractivity contribution in [1.82, 2.24) is 0 Å². The summed E-state index contributed by atoms with van der Waals surface area (Å²) < 4.78 is 10.1. The van der Waals surface area contributed by atoms with E-state index in [1.807, 2.05) is 12.1 Å². The van der Waals surface area contributed by atoms with E-state index < -0.39 is 0 Å². The number of rotatable bonds is 5. The minimum Gasteiger partial charge on any atom is -0.495 e. The van der Waals surface area contributed by atoms with Gasteiger partial charge in [0.25, 0.3) is 0 Å². The zero-order valence-electron chi connectivity index (χ0n) is 10.2. The molecule has 18 heavy (non-hydrogen) atoms. The summed E-state index contributed by atoms with van der Waals surface area (Å²) in [6, 6.07) is 5.50. The fourth-order valence-corrected chi connectivity index (χ4v) is 1.80. The van der Waals surface area contributed by atoms with Gasteiger partial charge in [-0.3, -0.25) is 4.79 Å². The van der Waals surface area contributed by atoms with Crippen molar-refractivity contribution in [3.63, 3.8) is 0 Å². The molecule has 0 amide bonds. The summed E-state index contributed by atoms with van der Waals surface area (Å²) in [7, 11) is 1.58. The van der Waals surface area contributed by atoms with Crippen LogP contribution in [0.4, 0.5) is 0 Å². The number of benzene rings is 1. The van der Waals surface area contributed by atoms with Crippen molar-refractivity contribution in [3.05, 3.63) is 34.9 Å². The van der Waals surface area contributed by atoms with Crippen LogP contribution in [0.5, 0.6) is 5.75 Å². The number of hydrogen-bond acceptors (Lipinski definition) is 3. The van der Waals surface area contributed by atoms with Crippen molar-refractivity contribution >= 4 is 23.6 Å². The maximum Gasteiger partial charge on any atom is 0.309 e. The lowest BCUT2D eigenvalue weighted by Gasteiger charge is -2.03. The Kier molecular flexibility index (Phi) is 4.26. The van der Waals surface area contributed by atoms with E-state index in [1.165, 1.54) is 0 Å². The van der Waals surface area contributed by atoms with Crippen molar-refractivity contribution in [2.24, 2.45) is 5.92 Å². The second-order valence-corrected chi connectivity index (χ2v) is 4.61. The van der Waals surface area contributed by atoms with Crippen molar-refractivity contribution in [3.8, 4) is 5.75 Å². The summed E-state index contributed by atoms with van der Waals surface area (Å²) in [4.78, 5) is 11.3. The third kappa shape index (κ3) is 3.50. The number of esters is 1. The van der Waals surface area contributed by atoms with Gasteiger partial charge in [-0.15, -0.1) is 0 Å². The highest BCUT2D eigenvalue weighted by Crippen LogP contribution is 2.30. The maximum absolute atomic E-state index is 11.3. The lowest BCUT2D eigenvalue weighted by Crippen LogP contribution is -2.05. The van der Waals surface area contributed by atoms with Crippen LogP contribution in [-0.2, 0) is 9.53 Å². The molecule has 0 radical (unpaired) electrons. The average molecular weight is 267 g/mol. The first-order valence-electron chi connectivity index (χ1n) is 5.87. The van der Waals surface area contributed by atoms with Gasteiger partial charge >= 0.3 is 5.97 Å². The summed E-state index contributed by atoms with van der Waals surface area (Å²) in [6.07, 6.45) is 5.61. The Morgan fingerprint density at radius 3 is 2.89 bits per heavy atom.